The first-order valence-electron chi connectivity index (χ1n) is 11.3. The molecule has 3 aromatic rings. The average molecular weight is 467 g/mol. The lowest BCUT2D eigenvalue weighted by Crippen LogP contribution is -2.40. The second-order valence-electron chi connectivity index (χ2n) is 8.24. The van der Waals surface area contributed by atoms with E-state index in [9.17, 15) is 9.59 Å². The first kappa shape index (κ1) is 23.7. The summed E-state index contributed by atoms with van der Waals surface area (Å²) in [5, 5.41) is 2.97. The number of hydrogen-bond acceptors (Lipinski definition) is 6. The third kappa shape index (κ3) is 4.76. The van der Waals surface area contributed by atoms with Crippen LogP contribution >= 0.6 is 0 Å². The monoisotopic (exact) mass is 466 g/mol. The molecular weight excluding hydrogens is 436 g/mol. The van der Waals surface area contributed by atoms with Crippen LogP contribution in [0.5, 0.6) is 5.75 Å². The molecule has 0 spiro atoms. The van der Waals surface area contributed by atoms with Crippen molar-refractivity contribution < 1.29 is 23.8 Å². The summed E-state index contributed by atoms with van der Waals surface area (Å²) in [6, 6.07) is 10.5. The highest BCUT2D eigenvalue weighted by molar-refractivity contribution is 6.11. The second kappa shape index (κ2) is 10.2. The van der Waals surface area contributed by atoms with Crippen LogP contribution in [0.15, 0.2) is 36.4 Å². The van der Waals surface area contributed by atoms with Gasteiger partial charge >= 0.3 is 0 Å². The number of hydrogen-bond donors (Lipinski definition) is 1. The lowest BCUT2D eigenvalue weighted by molar-refractivity contribution is -0.0933. The lowest BCUT2D eigenvalue weighted by Gasteiger charge is -2.27. The van der Waals surface area contributed by atoms with Gasteiger partial charge in [-0.3, -0.25) is 9.59 Å². The van der Waals surface area contributed by atoms with Crippen molar-refractivity contribution in [3.63, 3.8) is 0 Å². The van der Waals surface area contributed by atoms with Crippen molar-refractivity contribution in [3.8, 4) is 5.75 Å². The van der Waals surface area contributed by atoms with Crippen molar-refractivity contribution >= 4 is 28.5 Å². The number of carbonyl (C=O) groups is 2. The molecule has 1 aliphatic heterocycles. The van der Waals surface area contributed by atoms with Gasteiger partial charge in [0.25, 0.3) is 11.8 Å². The molecule has 0 saturated carbocycles. The zero-order valence-electron chi connectivity index (χ0n) is 20.0. The number of nitrogens with one attached hydrogen (secondary N) is 1. The van der Waals surface area contributed by atoms with E-state index in [0.717, 1.165) is 11.3 Å². The summed E-state index contributed by atoms with van der Waals surface area (Å²) < 4.78 is 18.4. The summed E-state index contributed by atoms with van der Waals surface area (Å²) in [6.45, 7) is 3.96. The molecule has 1 aromatic heterocycles. The average Bonchev–Trinajstić information content (AvgIpc) is 3.19. The molecule has 180 valence electrons. The van der Waals surface area contributed by atoms with Gasteiger partial charge < -0.3 is 29.0 Å². The number of rotatable bonds is 7. The standard InChI is InChI=1S/C25H30N4O5/c1-5-22-26-19-12-16(25(31)28(2)14-17-15-33-10-11-34-17)13-20(23(19)29(22)3)27-24(30)18-8-6-7-9-21(18)32-4/h6-9,12-13,17H,5,10-11,14-15H2,1-4H3,(H,27,30). The van der Waals surface area contributed by atoms with E-state index in [2.05, 4.69) is 5.32 Å². The molecule has 34 heavy (non-hydrogen) atoms. The quantitative estimate of drug-likeness (QED) is 0.575. The van der Waals surface area contributed by atoms with E-state index in [4.69, 9.17) is 19.2 Å². The molecular formula is C25H30N4O5. The molecule has 1 aliphatic rings. The molecule has 1 fully saturated rings. The zero-order valence-corrected chi connectivity index (χ0v) is 20.0. The predicted octanol–water partition coefficient (Wildman–Crippen LogP) is 2.88. The highest BCUT2D eigenvalue weighted by Crippen LogP contribution is 2.29. The number of ether oxygens (including phenoxy) is 3. The number of amides is 2. The molecule has 1 atom stereocenters. The number of para-hydroxylation sites is 1. The van der Waals surface area contributed by atoms with Crippen molar-refractivity contribution in [3.05, 3.63) is 53.3 Å². The van der Waals surface area contributed by atoms with Crippen LogP contribution < -0.4 is 10.1 Å². The minimum Gasteiger partial charge on any atom is -0.496 e. The van der Waals surface area contributed by atoms with E-state index < -0.39 is 0 Å². The van der Waals surface area contributed by atoms with E-state index in [1.807, 2.05) is 18.5 Å². The van der Waals surface area contributed by atoms with Gasteiger partial charge in [0.1, 0.15) is 11.6 Å². The summed E-state index contributed by atoms with van der Waals surface area (Å²) in [6.07, 6.45) is 0.547. The Labute approximate surface area is 198 Å². The fraction of sp³-hybridized carbons (Fsp3) is 0.400. The van der Waals surface area contributed by atoms with Crippen molar-refractivity contribution in [2.45, 2.75) is 19.4 Å². The Morgan fingerprint density at radius 1 is 1.26 bits per heavy atom. The number of imidazole rings is 1. The Bertz CT molecular complexity index is 1200. The molecule has 0 radical (unpaired) electrons. The van der Waals surface area contributed by atoms with Crippen molar-refractivity contribution in [1.29, 1.82) is 0 Å². The van der Waals surface area contributed by atoms with Crippen LogP contribution in [0.4, 0.5) is 5.69 Å². The Balaban J connectivity index is 1.69. The zero-order chi connectivity index (χ0) is 24.2. The van der Waals surface area contributed by atoms with Gasteiger partial charge in [-0.2, -0.15) is 0 Å². The van der Waals surface area contributed by atoms with Gasteiger partial charge in [0.05, 0.1) is 55.3 Å². The second-order valence-corrected chi connectivity index (χ2v) is 8.24. The Morgan fingerprint density at radius 2 is 2.06 bits per heavy atom. The Kier molecular flexibility index (Phi) is 7.14. The van der Waals surface area contributed by atoms with Crippen LogP contribution in [-0.4, -0.2) is 72.9 Å². The van der Waals surface area contributed by atoms with E-state index >= 15 is 0 Å². The van der Waals surface area contributed by atoms with Gasteiger partial charge in [-0.05, 0) is 24.3 Å². The maximum absolute atomic E-state index is 13.3. The number of anilines is 1. The molecule has 0 aliphatic carbocycles. The Hall–Kier alpha value is -3.43. The number of fused-ring (bicyclic) bond motifs is 1. The number of methoxy groups -OCH3 is 1. The molecule has 9 nitrogen and oxygen atoms in total. The normalized spacial score (nSPS) is 15.8. The molecule has 1 saturated heterocycles. The smallest absolute Gasteiger partial charge is 0.259 e. The SMILES string of the molecule is CCc1nc2cc(C(=O)N(C)CC3COCCO3)cc(NC(=O)c3ccccc3OC)c2n1C. The number of carbonyl (C=O) groups excluding carboxylic acids is 2. The van der Waals surface area contributed by atoms with Gasteiger partial charge in [-0.1, -0.05) is 19.1 Å². The van der Waals surface area contributed by atoms with Crippen LogP contribution in [0.1, 0.15) is 33.5 Å². The highest BCUT2D eigenvalue weighted by Gasteiger charge is 2.23. The molecule has 0 bridgehead atoms. The number of likely N-dealkylation sites (N-methyl/N-ethyl adjacent to an activating group) is 1. The predicted molar refractivity (Wildman–Crippen MR) is 129 cm³/mol. The number of benzene rings is 2. The van der Waals surface area contributed by atoms with E-state index in [1.165, 1.54) is 7.11 Å². The molecule has 2 amide bonds. The van der Waals surface area contributed by atoms with Crippen LogP contribution in [0.2, 0.25) is 0 Å². The van der Waals surface area contributed by atoms with Crippen molar-refractivity contribution in [1.82, 2.24) is 14.5 Å². The third-order valence-corrected chi connectivity index (χ3v) is 5.93. The first-order chi connectivity index (χ1) is 16.4. The fourth-order valence-corrected chi connectivity index (χ4v) is 4.21. The maximum Gasteiger partial charge on any atom is 0.259 e. The van der Waals surface area contributed by atoms with Gasteiger partial charge in [-0.25, -0.2) is 4.98 Å². The summed E-state index contributed by atoms with van der Waals surface area (Å²) in [4.78, 5) is 32.8. The summed E-state index contributed by atoms with van der Waals surface area (Å²) in [5.74, 6) is 0.807. The van der Waals surface area contributed by atoms with Crippen LogP contribution in [0.3, 0.4) is 0 Å². The molecule has 2 aromatic carbocycles. The van der Waals surface area contributed by atoms with Gasteiger partial charge in [0.15, 0.2) is 0 Å². The van der Waals surface area contributed by atoms with Gasteiger partial charge in [-0.15, -0.1) is 0 Å². The molecule has 9 heteroatoms. The van der Waals surface area contributed by atoms with Crippen LogP contribution in [0, 0.1) is 0 Å². The third-order valence-electron chi connectivity index (χ3n) is 5.93. The fourth-order valence-electron chi connectivity index (χ4n) is 4.21. The first-order valence-corrected chi connectivity index (χ1v) is 11.3. The summed E-state index contributed by atoms with van der Waals surface area (Å²) in [5.41, 5.74) is 2.74. The minimum absolute atomic E-state index is 0.169. The number of nitrogens with zero attached hydrogens (tertiary/aromatic N) is 3. The van der Waals surface area contributed by atoms with Crippen molar-refractivity contribution in [2.24, 2.45) is 7.05 Å². The van der Waals surface area contributed by atoms with Crippen LogP contribution in [0.25, 0.3) is 11.0 Å². The largest absolute Gasteiger partial charge is 0.496 e. The number of aryl methyl sites for hydroxylation is 2. The van der Waals surface area contributed by atoms with Crippen molar-refractivity contribution in [2.75, 3.05) is 45.8 Å². The van der Waals surface area contributed by atoms with E-state index in [0.29, 0.717) is 60.9 Å². The molecule has 2 heterocycles. The number of aromatic nitrogens is 2. The highest BCUT2D eigenvalue weighted by atomic mass is 16.6. The summed E-state index contributed by atoms with van der Waals surface area (Å²) in [7, 11) is 5.16. The lowest BCUT2D eigenvalue weighted by atomic mass is 10.1. The summed E-state index contributed by atoms with van der Waals surface area (Å²) >= 11 is 0. The van der Waals surface area contributed by atoms with Crippen LogP contribution in [-0.2, 0) is 22.9 Å². The molecule has 1 N–H and O–H groups in total. The van der Waals surface area contributed by atoms with E-state index in [-0.39, 0.29) is 17.9 Å². The molecule has 4 rings (SSSR count). The van der Waals surface area contributed by atoms with Gasteiger partial charge in [0, 0.05) is 32.6 Å². The maximum atomic E-state index is 13.3. The van der Waals surface area contributed by atoms with E-state index in [1.54, 1.807) is 48.3 Å². The topological polar surface area (TPSA) is 94.9 Å². The Morgan fingerprint density at radius 3 is 2.76 bits per heavy atom. The van der Waals surface area contributed by atoms with Gasteiger partial charge in [0.2, 0.25) is 0 Å². The minimum atomic E-state index is -0.330. The molecule has 1 unspecified atom stereocenters.